The highest BCUT2D eigenvalue weighted by atomic mass is 32.2. The molecule has 2 aromatic carbocycles. The molecule has 124 valence electrons. The number of ether oxygens (including phenoxy) is 1. The Hall–Kier alpha value is -2.27. The quantitative estimate of drug-likeness (QED) is 0.630. The lowest BCUT2D eigenvalue weighted by atomic mass is 10.1. The average molecular weight is 341 g/mol. The second-order valence-electron chi connectivity index (χ2n) is 5.72. The minimum absolute atomic E-state index is 0.0760. The van der Waals surface area contributed by atoms with Gasteiger partial charge >= 0.3 is 5.97 Å². The molecule has 0 saturated heterocycles. The van der Waals surface area contributed by atoms with E-state index in [1.54, 1.807) is 17.0 Å². The van der Waals surface area contributed by atoms with Gasteiger partial charge in [-0.3, -0.25) is 4.79 Å². The Bertz CT molecular complexity index is 775. The molecule has 0 aliphatic carbocycles. The number of rotatable bonds is 4. The van der Waals surface area contributed by atoms with Crippen molar-refractivity contribution < 1.29 is 14.3 Å². The molecular weight excluding hydrogens is 322 g/mol. The fourth-order valence-corrected chi connectivity index (χ4v) is 3.62. The van der Waals surface area contributed by atoms with Crippen molar-refractivity contribution in [2.24, 2.45) is 0 Å². The zero-order valence-electron chi connectivity index (χ0n) is 13.7. The van der Waals surface area contributed by atoms with Crippen LogP contribution >= 0.6 is 11.8 Å². The minimum Gasteiger partial charge on any atom is -0.452 e. The van der Waals surface area contributed by atoms with E-state index < -0.39 is 5.97 Å². The molecule has 5 heteroatoms. The van der Waals surface area contributed by atoms with Gasteiger partial charge in [0.25, 0.3) is 5.91 Å². The van der Waals surface area contributed by atoms with E-state index in [-0.39, 0.29) is 18.6 Å². The molecule has 3 rings (SSSR count). The van der Waals surface area contributed by atoms with E-state index in [0.717, 1.165) is 22.6 Å². The van der Waals surface area contributed by atoms with Crippen molar-refractivity contribution in [3.05, 3.63) is 59.7 Å². The number of fused-ring (bicyclic) bond motifs is 1. The summed E-state index contributed by atoms with van der Waals surface area (Å²) in [5.74, 6) is -0.657. The zero-order chi connectivity index (χ0) is 17.1. The molecule has 0 bridgehead atoms. The van der Waals surface area contributed by atoms with E-state index in [4.69, 9.17) is 4.74 Å². The van der Waals surface area contributed by atoms with Gasteiger partial charge in [-0.15, -0.1) is 11.8 Å². The number of thioether (sulfide) groups is 1. The first-order valence-electron chi connectivity index (χ1n) is 7.82. The first kappa shape index (κ1) is 16.6. The van der Waals surface area contributed by atoms with Gasteiger partial charge in [-0.2, -0.15) is 0 Å². The number of hydrogen-bond donors (Lipinski definition) is 0. The van der Waals surface area contributed by atoms with Crippen LogP contribution in [-0.4, -0.2) is 30.8 Å². The first-order valence-corrected chi connectivity index (χ1v) is 9.04. The summed E-state index contributed by atoms with van der Waals surface area (Å²) in [6.45, 7) is 1.75. The van der Waals surface area contributed by atoms with Crippen molar-refractivity contribution >= 4 is 29.3 Å². The summed E-state index contributed by atoms with van der Waals surface area (Å²) in [6.07, 6.45) is 2.73. The second-order valence-corrected chi connectivity index (χ2v) is 6.57. The van der Waals surface area contributed by atoms with Crippen LogP contribution in [0.3, 0.4) is 0 Å². The maximum Gasteiger partial charge on any atom is 0.339 e. The van der Waals surface area contributed by atoms with Crippen molar-refractivity contribution in [2.45, 2.75) is 24.3 Å². The number of benzene rings is 2. The zero-order valence-corrected chi connectivity index (χ0v) is 14.5. The summed E-state index contributed by atoms with van der Waals surface area (Å²) >= 11 is 1.48. The molecule has 0 aromatic heterocycles. The van der Waals surface area contributed by atoms with Crippen LogP contribution in [0, 0.1) is 0 Å². The summed E-state index contributed by atoms with van der Waals surface area (Å²) in [7, 11) is 0. The summed E-state index contributed by atoms with van der Waals surface area (Å²) in [5, 5.41) is 0. The molecule has 4 nitrogen and oxygen atoms in total. The maximum absolute atomic E-state index is 12.6. The van der Waals surface area contributed by atoms with Gasteiger partial charge < -0.3 is 9.64 Å². The predicted octanol–water partition coefficient (Wildman–Crippen LogP) is 3.54. The molecule has 0 saturated carbocycles. The maximum atomic E-state index is 12.6. The van der Waals surface area contributed by atoms with Gasteiger partial charge in [0.05, 0.1) is 5.56 Å². The fourth-order valence-electron chi connectivity index (χ4n) is 3.03. The molecule has 0 N–H and O–H groups in total. The molecule has 1 aliphatic heterocycles. The second kappa shape index (κ2) is 7.09. The highest BCUT2D eigenvalue weighted by Gasteiger charge is 2.31. The fraction of sp³-hybridized carbons (Fsp3) is 0.263. The molecule has 2 aromatic rings. The third-order valence-electron chi connectivity index (χ3n) is 4.13. The smallest absolute Gasteiger partial charge is 0.339 e. The van der Waals surface area contributed by atoms with E-state index in [0.29, 0.717) is 5.56 Å². The van der Waals surface area contributed by atoms with Crippen LogP contribution in [0.2, 0.25) is 0 Å². The third-order valence-corrected chi connectivity index (χ3v) is 4.93. The van der Waals surface area contributed by atoms with Crippen LogP contribution in [0.15, 0.2) is 53.4 Å². The van der Waals surface area contributed by atoms with Crippen molar-refractivity contribution in [3.8, 4) is 0 Å². The number of esters is 1. The van der Waals surface area contributed by atoms with Crippen molar-refractivity contribution in [3.63, 3.8) is 0 Å². The van der Waals surface area contributed by atoms with Gasteiger partial charge in [-0.1, -0.05) is 30.3 Å². The van der Waals surface area contributed by atoms with Gasteiger partial charge in [0.1, 0.15) is 0 Å². The lowest BCUT2D eigenvalue weighted by Crippen LogP contribution is -2.38. The van der Waals surface area contributed by atoms with Crippen LogP contribution in [0.4, 0.5) is 5.69 Å². The number of carbonyl (C=O) groups is 2. The summed E-state index contributed by atoms with van der Waals surface area (Å²) in [5.41, 5.74) is 2.56. The topological polar surface area (TPSA) is 46.6 Å². The Morgan fingerprint density at radius 2 is 1.88 bits per heavy atom. The van der Waals surface area contributed by atoms with Crippen LogP contribution in [0.1, 0.15) is 22.8 Å². The minimum atomic E-state index is -0.464. The predicted molar refractivity (Wildman–Crippen MR) is 95.6 cm³/mol. The third kappa shape index (κ3) is 3.17. The molecule has 1 amide bonds. The molecular formula is C19H19NO3S. The number of nitrogens with zero attached hydrogens (tertiary/aromatic N) is 1. The van der Waals surface area contributed by atoms with Gasteiger partial charge in [0, 0.05) is 16.6 Å². The van der Waals surface area contributed by atoms with Crippen molar-refractivity contribution in [1.29, 1.82) is 0 Å². The molecule has 24 heavy (non-hydrogen) atoms. The van der Waals surface area contributed by atoms with E-state index in [1.807, 2.05) is 49.6 Å². The number of para-hydroxylation sites is 1. The summed E-state index contributed by atoms with van der Waals surface area (Å²) in [6, 6.07) is 15.2. The van der Waals surface area contributed by atoms with E-state index >= 15 is 0 Å². The molecule has 1 aliphatic rings. The molecule has 1 unspecified atom stereocenters. The Kier molecular flexibility index (Phi) is 4.90. The Labute approximate surface area is 145 Å². The largest absolute Gasteiger partial charge is 0.452 e. The van der Waals surface area contributed by atoms with Crippen LogP contribution in [-0.2, 0) is 16.0 Å². The Morgan fingerprint density at radius 3 is 2.67 bits per heavy atom. The standard InChI is InChI=1S/C19H19NO3S/c1-13-11-14-7-3-5-9-16(14)20(13)18(21)12-23-19(22)15-8-4-6-10-17(15)24-2/h3-10,13H,11-12H2,1-2H3. The lowest BCUT2D eigenvalue weighted by Gasteiger charge is -2.22. The van der Waals surface area contributed by atoms with Crippen LogP contribution in [0.25, 0.3) is 0 Å². The average Bonchev–Trinajstić information content (AvgIpc) is 2.95. The number of carbonyl (C=O) groups excluding carboxylic acids is 2. The van der Waals surface area contributed by atoms with Crippen molar-refractivity contribution in [1.82, 2.24) is 0 Å². The van der Waals surface area contributed by atoms with Gasteiger partial charge in [-0.05, 0) is 43.4 Å². The Balaban J connectivity index is 1.69. The summed E-state index contributed by atoms with van der Waals surface area (Å²) < 4.78 is 5.26. The van der Waals surface area contributed by atoms with E-state index in [1.165, 1.54) is 11.8 Å². The lowest BCUT2D eigenvalue weighted by molar-refractivity contribution is -0.122. The van der Waals surface area contributed by atoms with Crippen molar-refractivity contribution in [2.75, 3.05) is 17.8 Å². The molecule has 0 fully saturated rings. The molecule has 1 heterocycles. The monoisotopic (exact) mass is 341 g/mol. The van der Waals surface area contributed by atoms with Gasteiger partial charge in [-0.25, -0.2) is 4.79 Å². The highest BCUT2D eigenvalue weighted by Crippen LogP contribution is 2.31. The normalized spacial score (nSPS) is 15.9. The van der Waals surface area contributed by atoms with Gasteiger partial charge in [0.15, 0.2) is 6.61 Å². The number of hydrogen-bond acceptors (Lipinski definition) is 4. The molecule has 0 radical (unpaired) electrons. The first-order chi connectivity index (χ1) is 11.6. The highest BCUT2D eigenvalue weighted by molar-refractivity contribution is 7.98. The Morgan fingerprint density at radius 1 is 1.17 bits per heavy atom. The van der Waals surface area contributed by atoms with Gasteiger partial charge in [0.2, 0.25) is 0 Å². The van der Waals surface area contributed by atoms with E-state index in [9.17, 15) is 9.59 Å². The van der Waals surface area contributed by atoms with Crippen LogP contribution in [0.5, 0.6) is 0 Å². The van der Waals surface area contributed by atoms with E-state index in [2.05, 4.69) is 0 Å². The summed E-state index contributed by atoms with van der Waals surface area (Å²) in [4.78, 5) is 27.4. The number of anilines is 1. The molecule has 0 spiro atoms. The van der Waals surface area contributed by atoms with Crippen LogP contribution < -0.4 is 4.90 Å². The number of amides is 1. The molecule has 1 atom stereocenters. The SMILES string of the molecule is CSc1ccccc1C(=O)OCC(=O)N1c2ccccc2CC1C.